The van der Waals surface area contributed by atoms with Gasteiger partial charge in [0.25, 0.3) is 5.91 Å². The highest BCUT2D eigenvalue weighted by Crippen LogP contribution is 2.44. The van der Waals surface area contributed by atoms with E-state index < -0.39 is 17.6 Å². The summed E-state index contributed by atoms with van der Waals surface area (Å²) in [5.74, 6) is 1.28. The van der Waals surface area contributed by atoms with E-state index in [1.54, 1.807) is 19.2 Å². The SMILES string of the molecule is COc1ccc(CNNC(=O)[C@@]2(C/C=C/c3ccccc3)N=C(c3ccc(OCCCO)cc3)O[C@H]2c2ccccc2CN=[N+]=[N-])cc1. The lowest BCUT2D eigenvalue weighted by atomic mass is 9.82. The number of azide groups is 1. The molecule has 4 aromatic rings. The van der Waals surface area contributed by atoms with Crippen molar-refractivity contribution < 1.29 is 24.1 Å². The summed E-state index contributed by atoms with van der Waals surface area (Å²) in [6.45, 7) is 0.870. The Kier molecular flexibility index (Phi) is 11.8. The van der Waals surface area contributed by atoms with Gasteiger partial charge in [0, 0.05) is 36.5 Å². The monoisotopic (exact) mass is 646 g/mol. The molecule has 0 aromatic heterocycles. The zero-order valence-corrected chi connectivity index (χ0v) is 26.7. The Labute approximate surface area is 279 Å². The van der Waals surface area contributed by atoms with Gasteiger partial charge in [0.1, 0.15) is 11.5 Å². The number of methoxy groups -OCH3 is 1. The fourth-order valence-electron chi connectivity index (χ4n) is 5.35. The first-order chi connectivity index (χ1) is 23.6. The maximum Gasteiger partial charge on any atom is 0.266 e. The van der Waals surface area contributed by atoms with Gasteiger partial charge in [0.15, 0.2) is 11.6 Å². The zero-order chi connectivity index (χ0) is 33.6. The van der Waals surface area contributed by atoms with Crippen LogP contribution in [0.1, 0.15) is 46.8 Å². The van der Waals surface area contributed by atoms with Crippen molar-refractivity contribution in [2.45, 2.75) is 37.6 Å². The molecule has 0 spiro atoms. The summed E-state index contributed by atoms with van der Waals surface area (Å²) in [6.07, 6.45) is 3.74. The number of hydrazine groups is 1. The van der Waals surface area contributed by atoms with Gasteiger partial charge in [-0.1, -0.05) is 84.0 Å². The molecule has 0 fully saturated rings. The highest BCUT2D eigenvalue weighted by Gasteiger charge is 2.53. The Hall–Kier alpha value is -5.61. The normalized spacial score (nSPS) is 16.9. The van der Waals surface area contributed by atoms with E-state index in [-0.39, 0.29) is 19.6 Å². The second-order valence-electron chi connectivity index (χ2n) is 11.0. The Morgan fingerprint density at radius 1 is 1.02 bits per heavy atom. The molecule has 3 N–H and O–H groups in total. The van der Waals surface area contributed by atoms with Crippen molar-refractivity contribution in [3.63, 3.8) is 0 Å². The summed E-state index contributed by atoms with van der Waals surface area (Å²) in [5, 5.41) is 12.9. The number of benzene rings is 4. The van der Waals surface area contributed by atoms with Gasteiger partial charge in [-0.25, -0.2) is 10.4 Å². The number of hydrogen-bond donors (Lipinski definition) is 3. The second kappa shape index (κ2) is 16.8. The zero-order valence-electron chi connectivity index (χ0n) is 26.7. The van der Waals surface area contributed by atoms with Crippen LogP contribution in [0.2, 0.25) is 0 Å². The Balaban J connectivity index is 1.52. The molecule has 0 unspecified atom stereocenters. The summed E-state index contributed by atoms with van der Waals surface area (Å²) < 4.78 is 17.6. The predicted molar refractivity (Wildman–Crippen MR) is 184 cm³/mol. The summed E-state index contributed by atoms with van der Waals surface area (Å²) >= 11 is 0. The van der Waals surface area contributed by atoms with Crippen molar-refractivity contribution in [3.05, 3.63) is 147 Å². The van der Waals surface area contributed by atoms with Gasteiger partial charge in [-0.05, 0) is 64.2 Å². The third kappa shape index (κ3) is 8.40. The van der Waals surface area contributed by atoms with Gasteiger partial charge in [0.05, 0.1) is 20.3 Å². The molecule has 1 heterocycles. The van der Waals surface area contributed by atoms with Crippen LogP contribution in [0.5, 0.6) is 11.5 Å². The van der Waals surface area contributed by atoms with Crippen LogP contribution in [0.25, 0.3) is 16.5 Å². The molecule has 5 rings (SSSR count). The number of nitrogens with one attached hydrogen (secondary N) is 2. The Bertz CT molecular complexity index is 1760. The minimum Gasteiger partial charge on any atom is -0.497 e. The number of rotatable bonds is 16. The molecule has 0 aliphatic carbocycles. The van der Waals surface area contributed by atoms with E-state index in [0.29, 0.717) is 42.3 Å². The number of ether oxygens (including phenoxy) is 3. The number of amides is 1. The molecular formula is C37H38N6O5. The van der Waals surface area contributed by atoms with Crippen LogP contribution in [0.4, 0.5) is 0 Å². The van der Waals surface area contributed by atoms with Crippen molar-refractivity contribution in [2.24, 2.45) is 10.1 Å². The summed E-state index contributed by atoms with van der Waals surface area (Å²) in [6, 6.07) is 32.0. The van der Waals surface area contributed by atoms with Crippen LogP contribution in [0, 0.1) is 0 Å². The molecular weight excluding hydrogens is 608 g/mol. The number of nitrogens with zero attached hydrogens (tertiary/aromatic N) is 4. The van der Waals surface area contributed by atoms with Gasteiger partial charge in [-0.2, -0.15) is 0 Å². The Morgan fingerprint density at radius 2 is 1.75 bits per heavy atom. The van der Waals surface area contributed by atoms with Crippen LogP contribution in [0.3, 0.4) is 0 Å². The lowest BCUT2D eigenvalue weighted by Gasteiger charge is -2.31. The van der Waals surface area contributed by atoms with E-state index in [0.717, 1.165) is 22.4 Å². The topological polar surface area (TPSA) is 150 Å². The van der Waals surface area contributed by atoms with Crippen LogP contribution in [-0.4, -0.2) is 42.8 Å². The first kappa shape index (κ1) is 33.7. The molecule has 1 aliphatic heterocycles. The van der Waals surface area contributed by atoms with Crippen molar-refractivity contribution in [3.8, 4) is 11.5 Å². The average molecular weight is 647 g/mol. The lowest BCUT2D eigenvalue weighted by Crippen LogP contribution is -2.52. The molecule has 1 amide bonds. The fourth-order valence-corrected chi connectivity index (χ4v) is 5.35. The third-order valence-electron chi connectivity index (χ3n) is 7.86. The van der Waals surface area contributed by atoms with Crippen LogP contribution < -0.4 is 20.3 Å². The maximum atomic E-state index is 14.5. The average Bonchev–Trinajstić information content (AvgIpc) is 3.52. The van der Waals surface area contributed by atoms with Gasteiger partial charge < -0.3 is 19.3 Å². The molecule has 0 saturated heterocycles. The first-order valence-electron chi connectivity index (χ1n) is 15.6. The lowest BCUT2D eigenvalue weighted by molar-refractivity contribution is -0.129. The van der Waals surface area contributed by atoms with Crippen molar-refractivity contribution in [2.75, 3.05) is 20.3 Å². The summed E-state index contributed by atoms with van der Waals surface area (Å²) in [5.41, 5.74) is 17.6. The number of carbonyl (C=O) groups is 1. The van der Waals surface area contributed by atoms with Crippen LogP contribution >= 0.6 is 0 Å². The molecule has 2 atom stereocenters. The number of aliphatic imine (C=N–C) groups is 1. The van der Waals surface area contributed by atoms with E-state index in [1.807, 2.05) is 103 Å². The minimum absolute atomic E-state index is 0.0447. The fraction of sp³-hybridized carbons (Fsp3) is 0.243. The van der Waals surface area contributed by atoms with Crippen molar-refractivity contribution >= 4 is 17.9 Å². The highest BCUT2D eigenvalue weighted by molar-refractivity contribution is 6.01. The largest absolute Gasteiger partial charge is 0.497 e. The maximum absolute atomic E-state index is 14.5. The predicted octanol–water partition coefficient (Wildman–Crippen LogP) is 6.45. The number of hydrogen-bond acceptors (Lipinski definition) is 8. The van der Waals surface area contributed by atoms with Gasteiger partial charge in [0.2, 0.25) is 5.90 Å². The molecule has 1 aliphatic rings. The molecule has 11 heteroatoms. The summed E-state index contributed by atoms with van der Waals surface area (Å²) in [7, 11) is 1.61. The van der Waals surface area contributed by atoms with E-state index in [1.165, 1.54) is 0 Å². The molecule has 246 valence electrons. The molecule has 0 bridgehead atoms. The Morgan fingerprint density at radius 3 is 2.48 bits per heavy atom. The van der Waals surface area contributed by atoms with Gasteiger partial charge in [-0.3, -0.25) is 10.2 Å². The standard InChI is InChI=1S/C37H38N6O5/c1-46-31-18-14-28(15-19-31)25-39-42-36(45)37(22-7-11-27-9-3-2-4-10-27)34(33-13-6-5-12-30(33)26-40-43-38)48-35(41-37)29-16-20-32(21-17-29)47-24-8-23-44/h2-7,9-21,34,39,44H,8,22-26H2,1H3,(H,42,45)/b11-7+/t34-,37-/m0/s1. The van der Waals surface area contributed by atoms with E-state index in [2.05, 4.69) is 20.9 Å². The molecule has 0 radical (unpaired) electrons. The summed E-state index contributed by atoms with van der Waals surface area (Å²) in [4.78, 5) is 22.5. The van der Waals surface area contributed by atoms with Crippen LogP contribution in [0.15, 0.2) is 119 Å². The smallest absolute Gasteiger partial charge is 0.266 e. The molecule has 48 heavy (non-hydrogen) atoms. The number of carbonyl (C=O) groups excluding carboxylic acids is 1. The molecule has 11 nitrogen and oxygen atoms in total. The quantitative estimate of drug-likeness (QED) is 0.0419. The third-order valence-corrected chi connectivity index (χ3v) is 7.86. The van der Waals surface area contributed by atoms with E-state index >= 15 is 0 Å². The van der Waals surface area contributed by atoms with Gasteiger partial charge in [-0.15, -0.1) is 0 Å². The molecule has 0 saturated carbocycles. The van der Waals surface area contributed by atoms with E-state index in [9.17, 15) is 4.79 Å². The highest BCUT2D eigenvalue weighted by atomic mass is 16.5. The number of aliphatic hydroxyl groups is 1. The number of aliphatic hydroxyl groups excluding tert-OH is 1. The van der Waals surface area contributed by atoms with Gasteiger partial charge >= 0.3 is 0 Å². The second-order valence-corrected chi connectivity index (χ2v) is 11.0. The first-order valence-corrected chi connectivity index (χ1v) is 15.6. The minimum atomic E-state index is -1.45. The van der Waals surface area contributed by atoms with Crippen molar-refractivity contribution in [1.82, 2.24) is 10.9 Å². The van der Waals surface area contributed by atoms with Crippen molar-refractivity contribution in [1.29, 1.82) is 0 Å². The van der Waals surface area contributed by atoms with E-state index in [4.69, 9.17) is 29.8 Å². The van der Waals surface area contributed by atoms with Crippen LogP contribution in [-0.2, 0) is 22.6 Å². The molecule has 4 aromatic carbocycles.